The molecule has 1 saturated heterocycles. The van der Waals surface area contributed by atoms with E-state index in [0.717, 1.165) is 43.5 Å². The van der Waals surface area contributed by atoms with Crippen LogP contribution in [-0.4, -0.2) is 18.1 Å². The van der Waals surface area contributed by atoms with E-state index in [4.69, 9.17) is 4.42 Å². The van der Waals surface area contributed by atoms with Crippen LogP contribution in [-0.2, 0) is 12.8 Å². The third-order valence-electron chi connectivity index (χ3n) is 2.28. The summed E-state index contributed by atoms with van der Waals surface area (Å²) < 4.78 is 5.50. The highest BCUT2D eigenvalue weighted by molar-refractivity contribution is 4.95. The first kappa shape index (κ1) is 7.80. The smallest absolute Gasteiger partial charge is 0.194 e. The molecule has 0 unspecified atom stereocenters. The van der Waals surface area contributed by atoms with Crippen molar-refractivity contribution in [2.75, 3.05) is 13.1 Å². The van der Waals surface area contributed by atoms with Crippen molar-refractivity contribution >= 4 is 0 Å². The highest BCUT2D eigenvalue weighted by Crippen LogP contribution is 2.12. The lowest BCUT2D eigenvalue weighted by Crippen LogP contribution is -2.43. The van der Waals surface area contributed by atoms with E-state index in [-0.39, 0.29) is 0 Å². The topological polar surface area (TPSA) is 38.1 Å². The molecule has 0 bridgehead atoms. The fourth-order valence-electron chi connectivity index (χ4n) is 1.35. The van der Waals surface area contributed by atoms with E-state index in [0.29, 0.717) is 0 Å². The molecule has 3 heteroatoms. The van der Waals surface area contributed by atoms with Gasteiger partial charge in [0.05, 0.1) is 6.20 Å². The number of rotatable bonds is 3. The van der Waals surface area contributed by atoms with Gasteiger partial charge in [0.15, 0.2) is 5.89 Å². The van der Waals surface area contributed by atoms with E-state index in [1.807, 2.05) is 6.20 Å². The monoisotopic (exact) mass is 166 g/mol. The molecule has 0 saturated carbocycles. The Morgan fingerprint density at radius 1 is 1.67 bits per heavy atom. The summed E-state index contributed by atoms with van der Waals surface area (Å²) in [4.78, 5) is 4.21. The number of nitrogens with zero attached hydrogens (tertiary/aromatic N) is 1. The predicted molar refractivity (Wildman–Crippen MR) is 45.9 cm³/mol. The lowest BCUT2D eigenvalue weighted by Gasteiger charge is -2.25. The van der Waals surface area contributed by atoms with Crippen molar-refractivity contribution in [2.45, 2.75) is 19.8 Å². The van der Waals surface area contributed by atoms with Crippen LogP contribution in [0.4, 0.5) is 0 Å². The van der Waals surface area contributed by atoms with Gasteiger partial charge in [-0.15, -0.1) is 0 Å². The van der Waals surface area contributed by atoms with Crippen LogP contribution in [0.5, 0.6) is 0 Å². The molecule has 1 aliphatic heterocycles. The van der Waals surface area contributed by atoms with Crippen molar-refractivity contribution in [3.8, 4) is 0 Å². The Labute approximate surface area is 72.2 Å². The summed E-state index contributed by atoms with van der Waals surface area (Å²) in [7, 11) is 0. The molecule has 12 heavy (non-hydrogen) atoms. The molecule has 0 aromatic carbocycles. The summed E-state index contributed by atoms with van der Waals surface area (Å²) in [5.41, 5.74) is 0. The Bertz CT molecular complexity index is 253. The van der Waals surface area contributed by atoms with E-state index in [9.17, 15) is 0 Å². The van der Waals surface area contributed by atoms with Crippen molar-refractivity contribution < 1.29 is 4.42 Å². The van der Waals surface area contributed by atoms with Crippen LogP contribution in [0.3, 0.4) is 0 Å². The third-order valence-corrected chi connectivity index (χ3v) is 2.28. The van der Waals surface area contributed by atoms with Crippen LogP contribution in [0.25, 0.3) is 0 Å². The summed E-state index contributed by atoms with van der Waals surface area (Å²) in [6.07, 6.45) is 3.77. The van der Waals surface area contributed by atoms with Crippen molar-refractivity contribution in [3.63, 3.8) is 0 Å². The number of nitrogens with one attached hydrogen (secondary N) is 1. The first-order valence-electron chi connectivity index (χ1n) is 4.52. The first-order chi connectivity index (χ1) is 5.88. The van der Waals surface area contributed by atoms with E-state index in [1.54, 1.807) is 0 Å². The zero-order valence-corrected chi connectivity index (χ0v) is 7.34. The average molecular weight is 166 g/mol. The average Bonchev–Trinajstić information content (AvgIpc) is 2.44. The van der Waals surface area contributed by atoms with Gasteiger partial charge in [-0.1, -0.05) is 6.92 Å². The van der Waals surface area contributed by atoms with Gasteiger partial charge in [-0.2, -0.15) is 0 Å². The lowest BCUT2D eigenvalue weighted by atomic mass is 10.00. The molecule has 1 aliphatic rings. The minimum absolute atomic E-state index is 0.744. The van der Waals surface area contributed by atoms with Gasteiger partial charge in [0.2, 0.25) is 0 Å². The van der Waals surface area contributed by atoms with Gasteiger partial charge in [0, 0.05) is 12.8 Å². The van der Waals surface area contributed by atoms with Crippen LogP contribution in [0.1, 0.15) is 18.6 Å². The highest BCUT2D eigenvalue weighted by Gasteiger charge is 2.19. The quantitative estimate of drug-likeness (QED) is 0.728. The fourth-order valence-corrected chi connectivity index (χ4v) is 1.35. The molecule has 1 fully saturated rings. The molecule has 2 heterocycles. The molecule has 0 aliphatic carbocycles. The van der Waals surface area contributed by atoms with Gasteiger partial charge in [-0.3, -0.25) is 0 Å². The van der Waals surface area contributed by atoms with E-state index in [1.165, 1.54) is 0 Å². The molecular weight excluding hydrogens is 152 g/mol. The fraction of sp³-hybridized carbons (Fsp3) is 0.667. The minimum atomic E-state index is 0.744. The Morgan fingerprint density at radius 2 is 2.50 bits per heavy atom. The Balaban J connectivity index is 1.93. The minimum Gasteiger partial charge on any atom is -0.446 e. The summed E-state index contributed by atoms with van der Waals surface area (Å²) in [5.74, 6) is 2.64. The Hall–Kier alpha value is -0.830. The van der Waals surface area contributed by atoms with Crippen LogP contribution in [0.2, 0.25) is 0 Å². The lowest BCUT2D eigenvalue weighted by molar-refractivity contribution is 0.314. The molecule has 0 radical (unpaired) electrons. The second kappa shape index (κ2) is 3.27. The maximum Gasteiger partial charge on any atom is 0.194 e. The Kier molecular flexibility index (Phi) is 2.13. The normalized spacial score (nSPS) is 17.8. The van der Waals surface area contributed by atoms with Gasteiger partial charge >= 0.3 is 0 Å². The van der Waals surface area contributed by atoms with Crippen LogP contribution in [0.15, 0.2) is 10.6 Å². The van der Waals surface area contributed by atoms with E-state index >= 15 is 0 Å². The summed E-state index contributed by atoms with van der Waals surface area (Å²) >= 11 is 0. The van der Waals surface area contributed by atoms with Gasteiger partial charge < -0.3 is 9.73 Å². The van der Waals surface area contributed by atoms with Crippen LogP contribution >= 0.6 is 0 Å². The molecule has 0 spiro atoms. The SMILES string of the molecule is CCc1cnc(CC2CNC2)o1. The van der Waals surface area contributed by atoms with Crippen molar-refractivity contribution in [3.05, 3.63) is 17.8 Å². The summed E-state index contributed by atoms with van der Waals surface area (Å²) in [5, 5.41) is 3.23. The maximum absolute atomic E-state index is 5.50. The summed E-state index contributed by atoms with van der Waals surface area (Å²) in [6, 6.07) is 0. The molecule has 1 N–H and O–H groups in total. The zero-order chi connectivity index (χ0) is 8.39. The second-order valence-corrected chi connectivity index (χ2v) is 3.30. The van der Waals surface area contributed by atoms with Gasteiger partial charge in [-0.25, -0.2) is 4.98 Å². The molecular formula is C9H14N2O. The number of oxazole rings is 1. The van der Waals surface area contributed by atoms with Crippen LogP contribution in [0, 0.1) is 5.92 Å². The molecule has 2 rings (SSSR count). The Morgan fingerprint density at radius 3 is 3.00 bits per heavy atom. The maximum atomic E-state index is 5.50. The van der Waals surface area contributed by atoms with E-state index in [2.05, 4.69) is 17.2 Å². The third kappa shape index (κ3) is 1.50. The van der Waals surface area contributed by atoms with E-state index < -0.39 is 0 Å². The molecule has 1 aromatic heterocycles. The molecule has 3 nitrogen and oxygen atoms in total. The molecule has 1 aromatic rings. The van der Waals surface area contributed by atoms with Gasteiger partial charge in [0.25, 0.3) is 0 Å². The van der Waals surface area contributed by atoms with Gasteiger partial charge in [0.1, 0.15) is 5.76 Å². The largest absolute Gasteiger partial charge is 0.446 e. The van der Waals surface area contributed by atoms with Gasteiger partial charge in [-0.05, 0) is 19.0 Å². The number of aryl methyl sites for hydroxylation is 1. The first-order valence-corrected chi connectivity index (χ1v) is 4.52. The molecule has 66 valence electrons. The van der Waals surface area contributed by atoms with Crippen LogP contribution < -0.4 is 5.32 Å². The number of hydrogen-bond acceptors (Lipinski definition) is 3. The number of aromatic nitrogens is 1. The zero-order valence-electron chi connectivity index (χ0n) is 7.34. The van der Waals surface area contributed by atoms with Crippen molar-refractivity contribution in [1.82, 2.24) is 10.3 Å². The molecule has 0 atom stereocenters. The van der Waals surface area contributed by atoms with Crippen molar-refractivity contribution in [2.24, 2.45) is 5.92 Å². The molecule has 0 amide bonds. The predicted octanol–water partition coefficient (Wildman–Crippen LogP) is 0.999. The second-order valence-electron chi connectivity index (χ2n) is 3.30. The number of hydrogen-bond donors (Lipinski definition) is 1. The standard InChI is InChI=1S/C9H14N2O/c1-2-8-6-11-9(12-8)3-7-4-10-5-7/h6-7,10H,2-5H2,1H3. The summed E-state index contributed by atoms with van der Waals surface area (Å²) in [6.45, 7) is 4.31. The van der Waals surface area contributed by atoms with Crippen molar-refractivity contribution in [1.29, 1.82) is 0 Å². The highest BCUT2D eigenvalue weighted by atomic mass is 16.4.